The van der Waals surface area contributed by atoms with E-state index in [1.54, 1.807) is 7.11 Å². The molecule has 1 N–H and O–H groups in total. The molecular formula is C20H23N3O2S. The van der Waals surface area contributed by atoms with Crippen LogP contribution < -0.4 is 5.32 Å². The van der Waals surface area contributed by atoms with Gasteiger partial charge in [-0.1, -0.05) is 17.7 Å². The number of ether oxygens (including phenoxy) is 1. The Bertz CT molecular complexity index is 879. The Balaban J connectivity index is 1.82. The van der Waals surface area contributed by atoms with Crippen molar-refractivity contribution in [3.63, 3.8) is 0 Å². The number of aliphatic imine (C=N–C) groups is 1. The molecule has 136 valence electrons. The molecule has 0 bridgehead atoms. The van der Waals surface area contributed by atoms with E-state index in [9.17, 15) is 4.79 Å². The lowest BCUT2D eigenvalue weighted by Gasteiger charge is -2.08. The lowest BCUT2D eigenvalue weighted by molar-refractivity contribution is -0.115. The van der Waals surface area contributed by atoms with Gasteiger partial charge in [0, 0.05) is 25.0 Å². The van der Waals surface area contributed by atoms with E-state index in [1.807, 2.05) is 37.3 Å². The summed E-state index contributed by atoms with van der Waals surface area (Å²) in [6, 6.07) is 10.0. The highest BCUT2D eigenvalue weighted by Crippen LogP contribution is 2.29. The second-order valence-corrected chi connectivity index (χ2v) is 7.32. The fraction of sp³-hybridized carbons (Fsp3) is 0.300. The molecule has 1 fully saturated rings. The van der Waals surface area contributed by atoms with Gasteiger partial charge >= 0.3 is 0 Å². The quantitative estimate of drug-likeness (QED) is 0.812. The van der Waals surface area contributed by atoms with Gasteiger partial charge in [-0.05, 0) is 62.4 Å². The van der Waals surface area contributed by atoms with E-state index in [0.29, 0.717) is 16.7 Å². The van der Waals surface area contributed by atoms with Crippen molar-refractivity contribution >= 4 is 34.6 Å². The number of benzene rings is 1. The van der Waals surface area contributed by atoms with Crippen LogP contribution in [-0.4, -0.2) is 29.4 Å². The molecule has 26 heavy (non-hydrogen) atoms. The van der Waals surface area contributed by atoms with E-state index in [0.717, 1.165) is 29.2 Å². The van der Waals surface area contributed by atoms with Crippen LogP contribution in [0.15, 0.2) is 40.2 Å². The predicted molar refractivity (Wildman–Crippen MR) is 108 cm³/mol. The van der Waals surface area contributed by atoms with Crippen LogP contribution in [0.1, 0.15) is 22.5 Å². The molecule has 1 saturated heterocycles. The summed E-state index contributed by atoms with van der Waals surface area (Å²) in [4.78, 5) is 17.5. The maximum Gasteiger partial charge on any atom is 0.264 e. The Kier molecular flexibility index (Phi) is 5.64. The molecular weight excluding hydrogens is 346 g/mol. The number of hydrogen-bond donors (Lipinski definition) is 1. The van der Waals surface area contributed by atoms with Crippen molar-refractivity contribution in [2.75, 3.05) is 13.7 Å². The third-order valence-corrected chi connectivity index (χ3v) is 5.24. The molecule has 0 atom stereocenters. The van der Waals surface area contributed by atoms with Crippen molar-refractivity contribution in [2.45, 2.75) is 27.3 Å². The minimum atomic E-state index is -0.109. The van der Waals surface area contributed by atoms with Crippen LogP contribution >= 0.6 is 11.8 Å². The SMILES string of the molecule is COCCn1c(C)cc(/C=C2/SC(=Nc3ccc(C)cc3)NC2=O)c1C. The molecule has 1 aliphatic rings. The number of nitrogens with one attached hydrogen (secondary N) is 1. The van der Waals surface area contributed by atoms with Crippen molar-refractivity contribution in [3.05, 3.63) is 57.8 Å². The van der Waals surface area contributed by atoms with E-state index in [2.05, 4.69) is 34.8 Å². The number of aryl methyl sites for hydroxylation is 2. The molecule has 0 unspecified atom stereocenters. The number of methoxy groups -OCH3 is 1. The average molecular weight is 369 g/mol. The van der Waals surface area contributed by atoms with Crippen LogP contribution in [0.3, 0.4) is 0 Å². The van der Waals surface area contributed by atoms with Crippen LogP contribution in [0.2, 0.25) is 0 Å². The minimum Gasteiger partial charge on any atom is -0.383 e. The number of thioether (sulfide) groups is 1. The summed E-state index contributed by atoms with van der Waals surface area (Å²) in [6.07, 6.45) is 1.93. The normalized spacial score (nSPS) is 17.3. The summed E-state index contributed by atoms with van der Waals surface area (Å²) in [7, 11) is 1.70. The molecule has 0 radical (unpaired) electrons. The Morgan fingerprint density at radius 1 is 1.23 bits per heavy atom. The zero-order chi connectivity index (χ0) is 18.7. The smallest absolute Gasteiger partial charge is 0.264 e. The Morgan fingerprint density at radius 3 is 2.65 bits per heavy atom. The molecule has 1 aromatic carbocycles. The van der Waals surface area contributed by atoms with E-state index >= 15 is 0 Å². The van der Waals surface area contributed by atoms with Crippen LogP contribution in [0, 0.1) is 20.8 Å². The fourth-order valence-corrected chi connectivity index (χ4v) is 3.69. The van der Waals surface area contributed by atoms with Crippen LogP contribution in [-0.2, 0) is 16.1 Å². The third kappa shape index (κ3) is 4.08. The van der Waals surface area contributed by atoms with Gasteiger partial charge in [-0.15, -0.1) is 0 Å². The van der Waals surface area contributed by atoms with Gasteiger partial charge in [-0.3, -0.25) is 4.79 Å². The molecule has 6 heteroatoms. The second-order valence-electron chi connectivity index (χ2n) is 6.29. The van der Waals surface area contributed by atoms with Crippen molar-refractivity contribution < 1.29 is 9.53 Å². The van der Waals surface area contributed by atoms with E-state index < -0.39 is 0 Å². The number of carbonyl (C=O) groups is 1. The largest absolute Gasteiger partial charge is 0.383 e. The fourth-order valence-electron chi connectivity index (χ4n) is 2.86. The molecule has 1 amide bonds. The highest BCUT2D eigenvalue weighted by atomic mass is 32.2. The van der Waals surface area contributed by atoms with E-state index in [-0.39, 0.29) is 5.91 Å². The lowest BCUT2D eigenvalue weighted by atomic mass is 10.2. The Hall–Kier alpha value is -2.31. The minimum absolute atomic E-state index is 0.109. The van der Waals surface area contributed by atoms with Crippen LogP contribution in [0.5, 0.6) is 0 Å². The monoisotopic (exact) mass is 369 g/mol. The lowest BCUT2D eigenvalue weighted by Crippen LogP contribution is -2.19. The van der Waals surface area contributed by atoms with E-state index in [1.165, 1.54) is 17.3 Å². The van der Waals surface area contributed by atoms with Crippen LogP contribution in [0.4, 0.5) is 5.69 Å². The zero-order valence-corrected chi connectivity index (χ0v) is 16.3. The number of amides is 1. The third-order valence-electron chi connectivity index (χ3n) is 4.33. The summed E-state index contributed by atoms with van der Waals surface area (Å²) in [6.45, 7) is 7.63. The topological polar surface area (TPSA) is 55.6 Å². The molecule has 0 aliphatic carbocycles. The molecule has 1 aromatic heterocycles. The number of nitrogens with zero attached hydrogens (tertiary/aromatic N) is 2. The van der Waals surface area contributed by atoms with Crippen molar-refractivity contribution in [2.24, 2.45) is 4.99 Å². The van der Waals surface area contributed by atoms with E-state index in [4.69, 9.17) is 4.74 Å². The standard InChI is InChI=1S/C20H23N3O2S/c1-13-5-7-17(8-6-13)21-20-22-19(24)18(26-20)12-16-11-14(2)23(15(16)3)9-10-25-4/h5-8,11-12H,9-10H2,1-4H3,(H,21,22,24)/b18-12+. The molecule has 0 spiro atoms. The van der Waals surface area contributed by atoms with Crippen LogP contribution in [0.25, 0.3) is 6.08 Å². The number of amidine groups is 1. The van der Waals surface area contributed by atoms with Gasteiger partial charge in [0.25, 0.3) is 5.91 Å². The van der Waals surface area contributed by atoms with Gasteiger partial charge in [-0.2, -0.15) is 0 Å². The van der Waals surface area contributed by atoms with Gasteiger partial charge < -0.3 is 14.6 Å². The van der Waals surface area contributed by atoms with Gasteiger partial charge in [0.2, 0.25) is 0 Å². The number of carbonyl (C=O) groups excluding carboxylic acids is 1. The maximum atomic E-state index is 12.3. The highest BCUT2D eigenvalue weighted by Gasteiger charge is 2.24. The molecule has 2 aromatic rings. The van der Waals surface area contributed by atoms with Crippen molar-refractivity contribution in [1.29, 1.82) is 0 Å². The summed E-state index contributed by atoms with van der Waals surface area (Å²) in [5.41, 5.74) is 5.35. The molecule has 3 rings (SSSR count). The van der Waals surface area contributed by atoms with Crippen molar-refractivity contribution in [3.8, 4) is 0 Å². The summed E-state index contributed by atoms with van der Waals surface area (Å²) >= 11 is 1.37. The first-order chi connectivity index (χ1) is 12.5. The van der Waals surface area contributed by atoms with Crippen molar-refractivity contribution in [1.82, 2.24) is 9.88 Å². The first kappa shape index (κ1) is 18.5. The summed E-state index contributed by atoms with van der Waals surface area (Å²) < 4.78 is 7.38. The van der Waals surface area contributed by atoms with Gasteiger partial charge in [0.1, 0.15) is 0 Å². The molecule has 1 aliphatic heterocycles. The summed E-state index contributed by atoms with van der Waals surface area (Å²) in [5, 5.41) is 3.45. The molecule has 5 nitrogen and oxygen atoms in total. The number of rotatable bonds is 5. The van der Waals surface area contributed by atoms with Gasteiger partial charge in [-0.25, -0.2) is 4.99 Å². The highest BCUT2D eigenvalue weighted by molar-refractivity contribution is 8.18. The Labute approximate surface area is 158 Å². The molecule has 0 saturated carbocycles. The predicted octanol–water partition coefficient (Wildman–Crippen LogP) is 3.95. The van der Waals surface area contributed by atoms with Gasteiger partial charge in [0.15, 0.2) is 5.17 Å². The van der Waals surface area contributed by atoms with Gasteiger partial charge in [0.05, 0.1) is 17.2 Å². The molecule has 2 heterocycles. The zero-order valence-electron chi connectivity index (χ0n) is 15.5. The number of hydrogen-bond acceptors (Lipinski definition) is 4. The first-order valence-electron chi connectivity index (χ1n) is 8.50. The Morgan fingerprint density at radius 2 is 1.96 bits per heavy atom. The summed E-state index contributed by atoms with van der Waals surface area (Å²) in [5.74, 6) is -0.109. The number of aromatic nitrogens is 1. The average Bonchev–Trinajstić information content (AvgIpc) is 3.08. The second kappa shape index (κ2) is 7.93. The first-order valence-corrected chi connectivity index (χ1v) is 9.31. The maximum absolute atomic E-state index is 12.3.